The molecule has 1 aromatic heterocycles. The van der Waals surface area contributed by atoms with Crippen LogP contribution in [0.3, 0.4) is 0 Å². The maximum absolute atomic E-state index is 6.14. The molecule has 0 saturated carbocycles. The molecule has 0 spiro atoms. The second-order valence-corrected chi connectivity index (χ2v) is 6.38. The van der Waals surface area contributed by atoms with E-state index in [1.807, 2.05) is 12.1 Å². The van der Waals surface area contributed by atoms with Gasteiger partial charge in [0.2, 0.25) is 0 Å². The van der Waals surface area contributed by atoms with Crippen molar-refractivity contribution in [1.29, 1.82) is 0 Å². The van der Waals surface area contributed by atoms with Gasteiger partial charge in [0, 0.05) is 0 Å². The zero-order chi connectivity index (χ0) is 15.1. The van der Waals surface area contributed by atoms with Crippen LogP contribution in [0, 0.1) is 0 Å². The van der Waals surface area contributed by atoms with Crippen molar-refractivity contribution >= 4 is 12.6 Å². The van der Waals surface area contributed by atoms with Crippen LogP contribution < -0.4 is 5.46 Å². The zero-order valence-electron chi connectivity index (χ0n) is 12.9. The highest BCUT2D eigenvalue weighted by Crippen LogP contribution is 2.36. The molecule has 6 heteroatoms. The molecular formula is C15H20BN3O2. The lowest BCUT2D eigenvalue weighted by Gasteiger charge is -2.32. The summed E-state index contributed by atoms with van der Waals surface area (Å²) in [5, 5.41) is 4.16. The molecule has 1 aromatic carbocycles. The summed E-state index contributed by atoms with van der Waals surface area (Å²) < 4.78 is 14.1. The van der Waals surface area contributed by atoms with Gasteiger partial charge in [-0.05, 0) is 38.7 Å². The van der Waals surface area contributed by atoms with Gasteiger partial charge in [0.05, 0.1) is 17.7 Å². The van der Waals surface area contributed by atoms with Crippen molar-refractivity contribution in [3.05, 3.63) is 42.5 Å². The second-order valence-electron chi connectivity index (χ2n) is 6.38. The maximum atomic E-state index is 6.14. The highest BCUT2D eigenvalue weighted by atomic mass is 16.7. The Morgan fingerprint density at radius 3 is 2.38 bits per heavy atom. The molecule has 0 radical (unpaired) electrons. The Bertz CT molecular complexity index is 610. The largest absolute Gasteiger partial charge is 0.495 e. The molecule has 110 valence electrons. The van der Waals surface area contributed by atoms with E-state index >= 15 is 0 Å². The first kappa shape index (κ1) is 14.3. The Kier molecular flexibility index (Phi) is 3.38. The summed E-state index contributed by atoms with van der Waals surface area (Å²) in [6, 6.07) is 8.14. The molecular weight excluding hydrogens is 265 g/mol. The van der Waals surface area contributed by atoms with Crippen LogP contribution in [0.15, 0.2) is 36.9 Å². The van der Waals surface area contributed by atoms with E-state index in [1.165, 1.54) is 6.33 Å². The van der Waals surface area contributed by atoms with Crippen molar-refractivity contribution in [3.63, 3.8) is 0 Å². The molecule has 0 aliphatic carbocycles. The van der Waals surface area contributed by atoms with Crippen LogP contribution in [-0.2, 0) is 15.9 Å². The fourth-order valence-corrected chi connectivity index (χ4v) is 2.37. The molecule has 0 atom stereocenters. The van der Waals surface area contributed by atoms with Crippen molar-refractivity contribution in [2.24, 2.45) is 0 Å². The maximum Gasteiger partial charge on any atom is 0.495 e. The van der Waals surface area contributed by atoms with Crippen molar-refractivity contribution in [1.82, 2.24) is 14.8 Å². The van der Waals surface area contributed by atoms with Crippen molar-refractivity contribution in [2.45, 2.75) is 45.4 Å². The van der Waals surface area contributed by atoms with E-state index in [2.05, 4.69) is 49.9 Å². The summed E-state index contributed by atoms with van der Waals surface area (Å²) in [6.45, 7) is 8.90. The summed E-state index contributed by atoms with van der Waals surface area (Å²) in [4.78, 5) is 3.98. The SMILES string of the molecule is CC1(C)OB(c2ccccc2Cn2cncn2)OC1(C)C. The molecule has 1 aliphatic rings. The zero-order valence-corrected chi connectivity index (χ0v) is 12.9. The second kappa shape index (κ2) is 4.96. The van der Waals surface area contributed by atoms with E-state index in [9.17, 15) is 0 Å². The van der Waals surface area contributed by atoms with Gasteiger partial charge in [0.15, 0.2) is 0 Å². The molecule has 0 bridgehead atoms. The quantitative estimate of drug-likeness (QED) is 0.804. The minimum atomic E-state index is -0.352. The Morgan fingerprint density at radius 1 is 1.10 bits per heavy atom. The van der Waals surface area contributed by atoms with Gasteiger partial charge >= 0.3 is 7.12 Å². The van der Waals surface area contributed by atoms with Gasteiger partial charge in [-0.15, -0.1) is 0 Å². The van der Waals surface area contributed by atoms with Crippen LogP contribution in [0.4, 0.5) is 0 Å². The van der Waals surface area contributed by atoms with Gasteiger partial charge < -0.3 is 9.31 Å². The van der Waals surface area contributed by atoms with Crippen LogP contribution in [0.2, 0.25) is 0 Å². The van der Waals surface area contributed by atoms with Gasteiger partial charge in [0.25, 0.3) is 0 Å². The lowest BCUT2D eigenvalue weighted by atomic mass is 9.76. The summed E-state index contributed by atoms with van der Waals surface area (Å²) in [5.41, 5.74) is 1.50. The lowest BCUT2D eigenvalue weighted by Crippen LogP contribution is -2.41. The van der Waals surface area contributed by atoms with E-state index < -0.39 is 0 Å². The van der Waals surface area contributed by atoms with E-state index in [-0.39, 0.29) is 18.3 Å². The topological polar surface area (TPSA) is 49.2 Å². The predicted octanol–water partition coefficient (Wildman–Crippen LogP) is 1.63. The molecule has 0 unspecified atom stereocenters. The lowest BCUT2D eigenvalue weighted by molar-refractivity contribution is 0.00578. The third-order valence-corrected chi connectivity index (χ3v) is 4.36. The standard InChI is InChI=1S/C15H20BN3O2/c1-14(2)15(3,4)21-16(20-14)13-8-6-5-7-12(13)9-19-11-17-10-18-19/h5-8,10-11H,9H2,1-4H3. The molecule has 5 nitrogen and oxygen atoms in total. The van der Waals surface area contributed by atoms with E-state index in [0.29, 0.717) is 6.54 Å². The Morgan fingerprint density at radius 2 is 1.76 bits per heavy atom. The van der Waals surface area contributed by atoms with E-state index in [4.69, 9.17) is 9.31 Å². The van der Waals surface area contributed by atoms with Crippen molar-refractivity contribution < 1.29 is 9.31 Å². The van der Waals surface area contributed by atoms with Crippen LogP contribution in [0.5, 0.6) is 0 Å². The molecule has 1 fully saturated rings. The summed E-state index contributed by atoms with van der Waals surface area (Å²) in [5.74, 6) is 0. The van der Waals surface area contributed by atoms with Crippen LogP contribution >= 0.6 is 0 Å². The number of benzene rings is 1. The van der Waals surface area contributed by atoms with E-state index in [1.54, 1.807) is 11.0 Å². The van der Waals surface area contributed by atoms with Crippen LogP contribution in [0.25, 0.3) is 0 Å². The average Bonchev–Trinajstić information content (AvgIpc) is 2.97. The molecule has 2 heterocycles. The van der Waals surface area contributed by atoms with Gasteiger partial charge in [-0.1, -0.05) is 24.3 Å². The smallest absolute Gasteiger partial charge is 0.399 e. The first-order valence-electron chi connectivity index (χ1n) is 7.15. The molecule has 2 aromatic rings. The molecule has 1 saturated heterocycles. The normalized spacial score (nSPS) is 19.9. The molecule has 3 rings (SSSR count). The highest BCUT2D eigenvalue weighted by molar-refractivity contribution is 6.62. The van der Waals surface area contributed by atoms with Crippen LogP contribution in [0.1, 0.15) is 33.3 Å². The number of hydrogen-bond acceptors (Lipinski definition) is 4. The summed E-state index contributed by atoms with van der Waals surface area (Å²) >= 11 is 0. The third kappa shape index (κ3) is 2.61. The fraction of sp³-hybridized carbons (Fsp3) is 0.467. The number of rotatable bonds is 3. The fourth-order valence-electron chi connectivity index (χ4n) is 2.37. The monoisotopic (exact) mass is 285 g/mol. The molecule has 1 aliphatic heterocycles. The van der Waals surface area contributed by atoms with Gasteiger partial charge in [-0.25, -0.2) is 9.67 Å². The Labute approximate surface area is 125 Å². The predicted molar refractivity (Wildman–Crippen MR) is 81.3 cm³/mol. The van der Waals surface area contributed by atoms with Gasteiger partial charge in [0.1, 0.15) is 12.7 Å². The minimum Gasteiger partial charge on any atom is -0.399 e. The number of aromatic nitrogens is 3. The van der Waals surface area contributed by atoms with Crippen molar-refractivity contribution in [3.8, 4) is 0 Å². The summed E-state index contributed by atoms with van der Waals surface area (Å²) in [6.07, 6.45) is 3.25. The molecule has 0 N–H and O–H groups in total. The Hall–Kier alpha value is -1.66. The first-order valence-corrected chi connectivity index (χ1v) is 7.15. The molecule has 0 amide bonds. The summed E-state index contributed by atoms with van der Waals surface area (Å²) in [7, 11) is -0.352. The van der Waals surface area contributed by atoms with Crippen molar-refractivity contribution in [2.75, 3.05) is 0 Å². The highest BCUT2D eigenvalue weighted by Gasteiger charge is 2.52. The third-order valence-electron chi connectivity index (χ3n) is 4.36. The Balaban J connectivity index is 1.90. The number of nitrogens with zero attached hydrogens (tertiary/aromatic N) is 3. The molecule has 21 heavy (non-hydrogen) atoms. The number of hydrogen-bond donors (Lipinski definition) is 0. The first-order chi connectivity index (χ1) is 9.89. The minimum absolute atomic E-state index is 0.335. The van der Waals surface area contributed by atoms with Gasteiger partial charge in [-0.3, -0.25) is 0 Å². The van der Waals surface area contributed by atoms with E-state index in [0.717, 1.165) is 11.0 Å². The van der Waals surface area contributed by atoms with Gasteiger partial charge in [-0.2, -0.15) is 5.10 Å². The average molecular weight is 285 g/mol. The van der Waals surface area contributed by atoms with Crippen LogP contribution in [-0.4, -0.2) is 33.1 Å².